The maximum absolute atomic E-state index is 13.7. The van der Waals surface area contributed by atoms with Crippen LogP contribution in [0.4, 0.5) is 8.78 Å². The summed E-state index contributed by atoms with van der Waals surface area (Å²) in [6, 6.07) is 3.61. The third-order valence-corrected chi connectivity index (χ3v) is 3.71. The third kappa shape index (κ3) is 3.98. The molecule has 0 bridgehead atoms. The van der Waals surface area contributed by atoms with Gasteiger partial charge < -0.3 is 15.4 Å². The molecule has 1 aromatic carbocycles. The summed E-state index contributed by atoms with van der Waals surface area (Å²) >= 11 is 0. The molecule has 0 aromatic heterocycles. The summed E-state index contributed by atoms with van der Waals surface area (Å²) in [5, 5.41) is 0. The predicted molar refractivity (Wildman–Crippen MR) is 74.3 cm³/mol. The number of nitrogens with zero attached hydrogens (tertiary/aromatic N) is 1. The zero-order chi connectivity index (χ0) is 14.5. The van der Waals surface area contributed by atoms with Crippen molar-refractivity contribution in [2.75, 3.05) is 33.4 Å². The summed E-state index contributed by atoms with van der Waals surface area (Å²) in [7, 11) is 1.95. The standard InChI is InChI=1S/C15H22F2N2O/c1-19(8-11-4-3-7-20-10-11)9-14(18)12-5-2-6-13(16)15(12)17/h2,5-6,11,14H,3-4,7-10,18H2,1H3. The van der Waals surface area contributed by atoms with Gasteiger partial charge in [0.25, 0.3) is 0 Å². The summed E-state index contributed by atoms with van der Waals surface area (Å²) in [5.74, 6) is -1.19. The fraction of sp³-hybridized carbons (Fsp3) is 0.600. The van der Waals surface area contributed by atoms with E-state index in [4.69, 9.17) is 10.5 Å². The van der Waals surface area contributed by atoms with Crippen LogP contribution in [0.1, 0.15) is 24.4 Å². The molecule has 0 aliphatic carbocycles. The van der Waals surface area contributed by atoms with Gasteiger partial charge in [0.05, 0.1) is 6.61 Å². The summed E-state index contributed by atoms with van der Waals surface area (Å²) in [6.45, 7) is 2.98. The number of nitrogens with two attached hydrogens (primary N) is 1. The Kier molecular flexibility index (Phi) is 5.46. The van der Waals surface area contributed by atoms with E-state index in [1.807, 2.05) is 7.05 Å². The zero-order valence-corrected chi connectivity index (χ0v) is 11.8. The molecule has 2 atom stereocenters. The minimum absolute atomic E-state index is 0.233. The van der Waals surface area contributed by atoms with Crippen LogP contribution in [-0.4, -0.2) is 38.3 Å². The molecule has 0 saturated carbocycles. The van der Waals surface area contributed by atoms with Crippen molar-refractivity contribution < 1.29 is 13.5 Å². The average Bonchev–Trinajstić information content (AvgIpc) is 2.42. The normalized spacial score (nSPS) is 21.1. The van der Waals surface area contributed by atoms with Crippen molar-refractivity contribution in [3.63, 3.8) is 0 Å². The summed E-state index contributed by atoms with van der Waals surface area (Å²) in [6.07, 6.45) is 2.23. The van der Waals surface area contributed by atoms with E-state index in [0.29, 0.717) is 12.5 Å². The van der Waals surface area contributed by atoms with Crippen molar-refractivity contribution in [2.24, 2.45) is 11.7 Å². The zero-order valence-electron chi connectivity index (χ0n) is 11.8. The number of benzene rings is 1. The maximum atomic E-state index is 13.7. The molecule has 1 aliphatic rings. The topological polar surface area (TPSA) is 38.5 Å². The van der Waals surface area contributed by atoms with Crippen LogP contribution in [0.25, 0.3) is 0 Å². The molecule has 1 aromatic rings. The highest BCUT2D eigenvalue weighted by atomic mass is 19.2. The molecule has 20 heavy (non-hydrogen) atoms. The van der Waals surface area contributed by atoms with Crippen LogP contribution in [0, 0.1) is 17.6 Å². The Labute approximate surface area is 118 Å². The Morgan fingerprint density at radius 1 is 1.45 bits per heavy atom. The first-order valence-electron chi connectivity index (χ1n) is 7.03. The highest BCUT2D eigenvalue weighted by molar-refractivity contribution is 5.22. The lowest BCUT2D eigenvalue weighted by atomic mass is 10.0. The summed E-state index contributed by atoms with van der Waals surface area (Å²) < 4.78 is 32.3. The van der Waals surface area contributed by atoms with Gasteiger partial charge in [-0.05, 0) is 31.9 Å². The largest absolute Gasteiger partial charge is 0.381 e. The van der Waals surface area contributed by atoms with Crippen LogP contribution < -0.4 is 5.73 Å². The fourth-order valence-corrected chi connectivity index (χ4v) is 2.71. The lowest BCUT2D eigenvalue weighted by molar-refractivity contribution is 0.0413. The quantitative estimate of drug-likeness (QED) is 0.902. The fourth-order valence-electron chi connectivity index (χ4n) is 2.71. The van der Waals surface area contributed by atoms with Crippen molar-refractivity contribution >= 4 is 0 Å². The van der Waals surface area contributed by atoms with E-state index in [2.05, 4.69) is 4.90 Å². The lowest BCUT2D eigenvalue weighted by Gasteiger charge is -2.28. The van der Waals surface area contributed by atoms with Crippen LogP contribution in [0.2, 0.25) is 0 Å². The van der Waals surface area contributed by atoms with Gasteiger partial charge in [0.2, 0.25) is 0 Å². The van der Waals surface area contributed by atoms with Gasteiger partial charge in [0.1, 0.15) is 0 Å². The third-order valence-electron chi connectivity index (χ3n) is 3.71. The van der Waals surface area contributed by atoms with Crippen molar-refractivity contribution in [3.05, 3.63) is 35.4 Å². The van der Waals surface area contributed by atoms with Gasteiger partial charge in [0.15, 0.2) is 11.6 Å². The van der Waals surface area contributed by atoms with E-state index in [1.54, 1.807) is 6.07 Å². The first kappa shape index (κ1) is 15.4. The monoisotopic (exact) mass is 284 g/mol. The summed E-state index contributed by atoms with van der Waals surface area (Å²) in [4.78, 5) is 2.06. The van der Waals surface area contributed by atoms with Crippen LogP contribution in [0.5, 0.6) is 0 Å². The Morgan fingerprint density at radius 2 is 2.25 bits per heavy atom. The predicted octanol–water partition coefficient (Wildman–Crippen LogP) is 2.32. The highest BCUT2D eigenvalue weighted by Gasteiger charge is 2.19. The molecule has 1 aliphatic heterocycles. The van der Waals surface area contributed by atoms with Crippen LogP contribution in [-0.2, 0) is 4.74 Å². The van der Waals surface area contributed by atoms with Crippen molar-refractivity contribution in [3.8, 4) is 0 Å². The van der Waals surface area contributed by atoms with Crippen molar-refractivity contribution in [1.29, 1.82) is 0 Å². The first-order valence-corrected chi connectivity index (χ1v) is 7.03. The molecule has 1 heterocycles. The van der Waals surface area contributed by atoms with Gasteiger partial charge in [-0.1, -0.05) is 12.1 Å². The molecule has 2 rings (SSSR count). The second-order valence-electron chi connectivity index (χ2n) is 5.55. The smallest absolute Gasteiger partial charge is 0.163 e. The van der Waals surface area contributed by atoms with Crippen LogP contribution >= 0.6 is 0 Å². The molecular weight excluding hydrogens is 262 g/mol. The molecule has 2 unspecified atom stereocenters. The van der Waals surface area contributed by atoms with Gasteiger partial charge in [-0.25, -0.2) is 8.78 Å². The van der Waals surface area contributed by atoms with Gasteiger partial charge in [-0.2, -0.15) is 0 Å². The Bertz CT molecular complexity index is 436. The molecule has 1 saturated heterocycles. The Hall–Kier alpha value is -1.04. The van der Waals surface area contributed by atoms with Gasteiger partial charge >= 0.3 is 0 Å². The summed E-state index contributed by atoms with van der Waals surface area (Å²) in [5.41, 5.74) is 6.22. The minimum Gasteiger partial charge on any atom is -0.381 e. The van der Waals surface area contributed by atoms with E-state index in [0.717, 1.165) is 38.7 Å². The number of hydrogen-bond donors (Lipinski definition) is 1. The molecule has 0 amide bonds. The van der Waals surface area contributed by atoms with E-state index in [-0.39, 0.29) is 5.56 Å². The number of likely N-dealkylation sites (N-methyl/N-ethyl adjacent to an activating group) is 1. The number of hydrogen-bond acceptors (Lipinski definition) is 3. The lowest BCUT2D eigenvalue weighted by Crippen LogP contribution is -2.35. The van der Waals surface area contributed by atoms with Gasteiger partial charge in [-0.3, -0.25) is 0 Å². The number of ether oxygens (including phenoxy) is 1. The first-order chi connectivity index (χ1) is 9.58. The molecule has 1 fully saturated rings. The average molecular weight is 284 g/mol. The molecule has 2 N–H and O–H groups in total. The van der Waals surface area contributed by atoms with Crippen LogP contribution in [0.15, 0.2) is 18.2 Å². The van der Waals surface area contributed by atoms with Crippen molar-refractivity contribution in [2.45, 2.75) is 18.9 Å². The van der Waals surface area contributed by atoms with E-state index >= 15 is 0 Å². The van der Waals surface area contributed by atoms with Crippen molar-refractivity contribution in [1.82, 2.24) is 4.90 Å². The minimum atomic E-state index is -0.846. The number of halogens is 2. The Morgan fingerprint density at radius 3 is 2.95 bits per heavy atom. The van der Waals surface area contributed by atoms with E-state index < -0.39 is 17.7 Å². The highest BCUT2D eigenvalue weighted by Crippen LogP contribution is 2.20. The number of rotatable bonds is 5. The molecule has 112 valence electrons. The SMILES string of the molecule is CN(CC1CCCOC1)CC(N)c1cccc(F)c1F. The van der Waals surface area contributed by atoms with Crippen LogP contribution in [0.3, 0.4) is 0 Å². The van der Waals surface area contributed by atoms with Gasteiger partial charge in [0, 0.05) is 31.3 Å². The Balaban J connectivity index is 1.89. The molecule has 3 nitrogen and oxygen atoms in total. The second-order valence-corrected chi connectivity index (χ2v) is 5.55. The second kappa shape index (κ2) is 7.11. The molecule has 0 spiro atoms. The van der Waals surface area contributed by atoms with E-state index in [1.165, 1.54) is 6.07 Å². The van der Waals surface area contributed by atoms with Gasteiger partial charge in [-0.15, -0.1) is 0 Å². The van der Waals surface area contributed by atoms with E-state index in [9.17, 15) is 8.78 Å². The molecular formula is C15H22F2N2O. The molecule has 0 radical (unpaired) electrons. The maximum Gasteiger partial charge on any atom is 0.163 e. The molecule has 5 heteroatoms.